The molecule has 1 aliphatic rings. The zero-order valence-corrected chi connectivity index (χ0v) is 13.8. The molecule has 4 aromatic rings. The fourth-order valence-corrected chi connectivity index (χ4v) is 3.46. The second-order valence-electron chi connectivity index (χ2n) is 6.29. The zero-order valence-electron chi connectivity index (χ0n) is 13.8. The fourth-order valence-electron chi connectivity index (χ4n) is 3.46. The lowest BCUT2D eigenvalue weighted by atomic mass is 10.1. The Morgan fingerprint density at radius 1 is 0.815 bits per heavy atom. The van der Waals surface area contributed by atoms with Crippen LogP contribution in [-0.2, 0) is 0 Å². The number of carboxylic acids is 1. The van der Waals surface area contributed by atoms with E-state index in [4.69, 9.17) is 9.52 Å². The normalized spacial score (nSPS) is 13.6. The van der Waals surface area contributed by atoms with Crippen molar-refractivity contribution in [2.75, 3.05) is 4.90 Å². The van der Waals surface area contributed by atoms with Crippen molar-refractivity contribution in [3.8, 4) is 0 Å². The molecule has 130 valence electrons. The van der Waals surface area contributed by atoms with E-state index in [-0.39, 0.29) is 16.7 Å². The number of rotatable bonds is 2. The van der Waals surface area contributed by atoms with E-state index in [9.17, 15) is 14.4 Å². The molecule has 27 heavy (non-hydrogen) atoms. The molecule has 0 saturated heterocycles. The lowest BCUT2D eigenvalue weighted by Gasteiger charge is -2.13. The quantitative estimate of drug-likeness (QED) is 0.546. The summed E-state index contributed by atoms with van der Waals surface area (Å²) in [6.07, 6.45) is 0. The van der Waals surface area contributed by atoms with Crippen molar-refractivity contribution in [2.45, 2.75) is 0 Å². The average molecular weight is 357 g/mol. The first-order chi connectivity index (χ1) is 13.0. The van der Waals surface area contributed by atoms with Gasteiger partial charge in [0.1, 0.15) is 11.2 Å². The number of benzene rings is 3. The highest BCUT2D eigenvalue weighted by atomic mass is 16.4. The summed E-state index contributed by atoms with van der Waals surface area (Å²) in [7, 11) is 0. The lowest BCUT2D eigenvalue weighted by molar-refractivity contribution is 0.0696. The van der Waals surface area contributed by atoms with Gasteiger partial charge in [-0.3, -0.25) is 9.59 Å². The minimum atomic E-state index is -1.15. The highest BCUT2D eigenvalue weighted by Crippen LogP contribution is 2.35. The maximum Gasteiger partial charge on any atom is 0.335 e. The van der Waals surface area contributed by atoms with Crippen molar-refractivity contribution in [2.24, 2.45) is 0 Å². The predicted octanol–water partition coefficient (Wildman–Crippen LogP) is 4.08. The number of fused-ring (bicyclic) bond motifs is 4. The molecule has 0 unspecified atom stereocenters. The summed E-state index contributed by atoms with van der Waals surface area (Å²) in [4.78, 5) is 37.8. The average Bonchev–Trinajstić information content (AvgIpc) is 3.16. The topological polar surface area (TPSA) is 87.8 Å². The molecule has 0 bridgehead atoms. The third-order valence-electron chi connectivity index (χ3n) is 4.75. The fraction of sp³-hybridized carbons (Fsp3) is 0. The van der Waals surface area contributed by atoms with Crippen molar-refractivity contribution < 1.29 is 23.9 Å². The number of nitrogens with zero attached hydrogens (tertiary/aromatic N) is 1. The van der Waals surface area contributed by atoms with Crippen molar-refractivity contribution in [1.82, 2.24) is 0 Å². The first kappa shape index (κ1) is 15.3. The molecule has 2 heterocycles. The van der Waals surface area contributed by atoms with E-state index in [1.807, 2.05) is 24.3 Å². The van der Waals surface area contributed by atoms with Crippen LogP contribution in [0.15, 0.2) is 65.1 Å². The van der Waals surface area contributed by atoms with Gasteiger partial charge in [0.25, 0.3) is 11.8 Å². The molecule has 0 fully saturated rings. The number of amides is 2. The van der Waals surface area contributed by atoms with Gasteiger partial charge >= 0.3 is 5.97 Å². The number of carbonyl (C=O) groups is 3. The van der Waals surface area contributed by atoms with Crippen molar-refractivity contribution in [3.63, 3.8) is 0 Å². The molecule has 6 nitrogen and oxygen atoms in total. The van der Waals surface area contributed by atoms with Gasteiger partial charge in [0.05, 0.1) is 22.4 Å². The number of hydrogen-bond donors (Lipinski definition) is 1. The molecule has 1 aromatic heterocycles. The van der Waals surface area contributed by atoms with E-state index in [1.54, 1.807) is 18.2 Å². The molecule has 0 aliphatic carbocycles. The summed E-state index contributed by atoms with van der Waals surface area (Å²) in [6.45, 7) is 0. The van der Waals surface area contributed by atoms with E-state index in [0.29, 0.717) is 11.3 Å². The highest BCUT2D eigenvalue weighted by molar-refractivity contribution is 6.35. The van der Waals surface area contributed by atoms with Crippen LogP contribution in [0, 0.1) is 0 Å². The Bertz CT molecular complexity index is 1300. The third-order valence-corrected chi connectivity index (χ3v) is 4.75. The summed E-state index contributed by atoms with van der Waals surface area (Å²) in [5.74, 6) is -2.16. The summed E-state index contributed by atoms with van der Waals surface area (Å²) < 4.78 is 5.77. The van der Waals surface area contributed by atoms with Crippen LogP contribution < -0.4 is 4.90 Å². The number of aromatic carboxylic acids is 1. The van der Waals surface area contributed by atoms with Crippen molar-refractivity contribution >= 4 is 45.4 Å². The van der Waals surface area contributed by atoms with Crippen LogP contribution >= 0.6 is 0 Å². The molecular formula is C21H11NO5. The Hall–Kier alpha value is -3.93. The van der Waals surface area contributed by atoms with Gasteiger partial charge < -0.3 is 9.52 Å². The van der Waals surface area contributed by atoms with Crippen LogP contribution in [0.3, 0.4) is 0 Å². The molecule has 1 N–H and O–H groups in total. The minimum Gasteiger partial charge on any atom is -0.478 e. The maximum atomic E-state index is 12.8. The van der Waals surface area contributed by atoms with Gasteiger partial charge in [0, 0.05) is 10.8 Å². The van der Waals surface area contributed by atoms with E-state index in [0.717, 1.165) is 21.3 Å². The number of carbonyl (C=O) groups excluding carboxylic acids is 2. The first-order valence-electron chi connectivity index (χ1n) is 8.22. The molecule has 2 amide bonds. The standard InChI is InChI=1S/C21H11NO5/c23-19-14-7-5-11(21(25)26)9-16(14)20(24)22(19)12-6-8-18-15(10-12)13-3-1-2-4-17(13)27-18/h1-10H,(H,25,26). The molecule has 0 radical (unpaired) electrons. The molecule has 0 saturated carbocycles. The summed E-state index contributed by atoms with van der Waals surface area (Å²) in [6, 6.07) is 16.6. The van der Waals surface area contributed by atoms with Crippen LogP contribution in [0.1, 0.15) is 31.1 Å². The largest absolute Gasteiger partial charge is 0.478 e. The van der Waals surface area contributed by atoms with Gasteiger partial charge in [-0.05, 0) is 42.5 Å². The molecule has 6 heteroatoms. The van der Waals surface area contributed by atoms with Crippen LogP contribution in [0.5, 0.6) is 0 Å². The number of para-hydroxylation sites is 1. The predicted molar refractivity (Wildman–Crippen MR) is 98.3 cm³/mol. The van der Waals surface area contributed by atoms with Gasteiger partial charge in [0.2, 0.25) is 0 Å². The van der Waals surface area contributed by atoms with Gasteiger partial charge in [-0.2, -0.15) is 0 Å². The number of anilines is 1. The van der Waals surface area contributed by atoms with Crippen LogP contribution in [-0.4, -0.2) is 22.9 Å². The number of furan rings is 1. The summed E-state index contributed by atoms with van der Waals surface area (Å²) >= 11 is 0. The van der Waals surface area contributed by atoms with Gasteiger partial charge in [0.15, 0.2) is 0 Å². The van der Waals surface area contributed by atoms with E-state index < -0.39 is 17.8 Å². The number of hydrogen-bond acceptors (Lipinski definition) is 4. The maximum absolute atomic E-state index is 12.8. The summed E-state index contributed by atoms with van der Waals surface area (Å²) in [5, 5.41) is 10.8. The first-order valence-corrected chi connectivity index (χ1v) is 8.22. The Kier molecular flexibility index (Phi) is 3.00. The van der Waals surface area contributed by atoms with E-state index >= 15 is 0 Å². The lowest BCUT2D eigenvalue weighted by Crippen LogP contribution is -2.29. The molecule has 0 spiro atoms. The van der Waals surface area contributed by atoms with E-state index in [1.165, 1.54) is 18.2 Å². The third kappa shape index (κ3) is 2.10. The second-order valence-corrected chi connectivity index (χ2v) is 6.29. The molecule has 3 aromatic carbocycles. The monoisotopic (exact) mass is 357 g/mol. The molecule has 0 atom stereocenters. The van der Waals surface area contributed by atoms with Crippen LogP contribution in [0.2, 0.25) is 0 Å². The number of imide groups is 1. The SMILES string of the molecule is O=C(O)c1ccc2c(c1)C(=O)N(c1ccc3oc4ccccc4c3c1)C2=O. The van der Waals surface area contributed by atoms with E-state index in [2.05, 4.69) is 0 Å². The Morgan fingerprint density at radius 3 is 2.37 bits per heavy atom. The van der Waals surface area contributed by atoms with Crippen LogP contribution in [0.25, 0.3) is 21.9 Å². The highest BCUT2D eigenvalue weighted by Gasteiger charge is 2.37. The Balaban J connectivity index is 1.66. The summed E-state index contributed by atoms with van der Waals surface area (Å²) in [5.41, 5.74) is 2.05. The van der Waals surface area contributed by atoms with Gasteiger partial charge in [-0.25, -0.2) is 9.69 Å². The molecule has 1 aliphatic heterocycles. The minimum absolute atomic E-state index is 0.0342. The van der Waals surface area contributed by atoms with Gasteiger partial charge in [-0.15, -0.1) is 0 Å². The molecular weight excluding hydrogens is 346 g/mol. The molecule has 5 rings (SSSR count). The van der Waals surface area contributed by atoms with Crippen molar-refractivity contribution in [1.29, 1.82) is 0 Å². The zero-order chi connectivity index (χ0) is 18.7. The smallest absolute Gasteiger partial charge is 0.335 e. The Morgan fingerprint density at radius 2 is 1.56 bits per heavy atom. The van der Waals surface area contributed by atoms with Gasteiger partial charge in [-0.1, -0.05) is 18.2 Å². The second kappa shape index (κ2) is 5.28. The van der Waals surface area contributed by atoms with Crippen molar-refractivity contribution in [3.05, 3.63) is 77.4 Å². The Labute approximate surface area is 152 Å². The number of carboxylic acid groups (broad SMARTS) is 1. The van der Waals surface area contributed by atoms with Crippen LogP contribution in [0.4, 0.5) is 5.69 Å².